The molecule has 2 aromatic carbocycles. The Labute approximate surface area is 113 Å². The van der Waals surface area contributed by atoms with Crippen LogP contribution in [0.5, 0.6) is 0 Å². The summed E-state index contributed by atoms with van der Waals surface area (Å²) in [5.41, 5.74) is 4.87. The highest BCUT2D eigenvalue weighted by atomic mass is 19.4. The molecule has 6 heteroatoms. The number of nitrogen functional groups attached to an aromatic ring is 1. The topological polar surface area (TPSA) is 38.0 Å². The molecule has 0 saturated heterocycles. The van der Waals surface area contributed by atoms with Crippen LogP contribution in [0.25, 0.3) is 0 Å². The second kappa shape index (κ2) is 5.03. The highest BCUT2D eigenvalue weighted by Gasteiger charge is 2.33. The van der Waals surface area contributed by atoms with E-state index in [-0.39, 0.29) is 22.6 Å². The Morgan fingerprint density at radius 1 is 1.05 bits per heavy atom. The molecule has 0 aliphatic heterocycles. The second-order valence-corrected chi connectivity index (χ2v) is 4.34. The van der Waals surface area contributed by atoms with Crippen molar-refractivity contribution in [2.75, 3.05) is 11.1 Å². The molecule has 20 heavy (non-hydrogen) atoms. The first-order chi connectivity index (χ1) is 9.29. The van der Waals surface area contributed by atoms with E-state index in [1.165, 1.54) is 37.3 Å². The summed E-state index contributed by atoms with van der Waals surface area (Å²) >= 11 is 0. The van der Waals surface area contributed by atoms with Crippen molar-refractivity contribution in [1.29, 1.82) is 0 Å². The number of hydrogen-bond acceptors (Lipinski definition) is 2. The monoisotopic (exact) mass is 284 g/mol. The third-order valence-electron chi connectivity index (χ3n) is 2.89. The number of nitrogens with one attached hydrogen (secondary N) is 1. The van der Waals surface area contributed by atoms with Crippen molar-refractivity contribution in [3.63, 3.8) is 0 Å². The van der Waals surface area contributed by atoms with Gasteiger partial charge in [-0.05, 0) is 37.3 Å². The molecule has 0 amide bonds. The van der Waals surface area contributed by atoms with Crippen molar-refractivity contribution in [2.24, 2.45) is 0 Å². The Hall–Kier alpha value is -2.24. The van der Waals surface area contributed by atoms with Gasteiger partial charge in [0.1, 0.15) is 5.82 Å². The zero-order chi connectivity index (χ0) is 14.9. The van der Waals surface area contributed by atoms with E-state index in [1.807, 2.05) is 0 Å². The predicted molar refractivity (Wildman–Crippen MR) is 70.3 cm³/mol. The van der Waals surface area contributed by atoms with Crippen molar-refractivity contribution in [3.05, 3.63) is 53.3 Å². The number of halogens is 4. The molecule has 0 unspecified atom stereocenters. The van der Waals surface area contributed by atoms with Gasteiger partial charge in [-0.2, -0.15) is 13.2 Å². The average molecular weight is 284 g/mol. The van der Waals surface area contributed by atoms with Crippen LogP contribution >= 0.6 is 0 Å². The molecule has 106 valence electrons. The molecule has 0 saturated carbocycles. The van der Waals surface area contributed by atoms with Crippen molar-refractivity contribution in [3.8, 4) is 0 Å². The Kier molecular flexibility index (Phi) is 3.57. The highest BCUT2D eigenvalue weighted by Crippen LogP contribution is 2.37. The maximum Gasteiger partial charge on any atom is 0.418 e. The quantitative estimate of drug-likeness (QED) is 0.630. The van der Waals surface area contributed by atoms with Gasteiger partial charge in [0.15, 0.2) is 0 Å². The van der Waals surface area contributed by atoms with E-state index in [2.05, 4.69) is 5.32 Å². The van der Waals surface area contributed by atoms with E-state index < -0.39 is 17.6 Å². The third-order valence-corrected chi connectivity index (χ3v) is 2.89. The van der Waals surface area contributed by atoms with Crippen LogP contribution in [0.15, 0.2) is 36.4 Å². The van der Waals surface area contributed by atoms with E-state index in [9.17, 15) is 17.6 Å². The zero-order valence-electron chi connectivity index (χ0n) is 10.6. The van der Waals surface area contributed by atoms with Gasteiger partial charge in [-0.3, -0.25) is 0 Å². The first-order valence-electron chi connectivity index (χ1n) is 5.78. The Balaban J connectivity index is 2.46. The van der Waals surface area contributed by atoms with Gasteiger partial charge in [-0.25, -0.2) is 4.39 Å². The molecule has 0 heterocycles. The number of anilines is 3. The summed E-state index contributed by atoms with van der Waals surface area (Å²) in [5.74, 6) is -0.487. The lowest BCUT2D eigenvalue weighted by Crippen LogP contribution is -2.10. The van der Waals surface area contributed by atoms with E-state index in [1.54, 1.807) is 0 Å². The van der Waals surface area contributed by atoms with Gasteiger partial charge in [-0.1, -0.05) is 6.07 Å². The number of nitrogens with two attached hydrogens (primary N) is 1. The minimum absolute atomic E-state index is 0.0128. The summed E-state index contributed by atoms with van der Waals surface area (Å²) in [6, 6.07) is 7.60. The SMILES string of the molecule is Cc1c(F)cccc1Nc1ccc(N)cc1C(F)(F)F. The number of hydrogen-bond donors (Lipinski definition) is 2. The van der Waals surface area contributed by atoms with Crippen LogP contribution in [0, 0.1) is 12.7 Å². The number of rotatable bonds is 2. The molecule has 0 aliphatic carbocycles. The van der Waals surface area contributed by atoms with Gasteiger partial charge >= 0.3 is 6.18 Å². The van der Waals surface area contributed by atoms with Crippen LogP contribution in [0.1, 0.15) is 11.1 Å². The lowest BCUT2D eigenvalue weighted by atomic mass is 10.1. The van der Waals surface area contributed by atoms with E-state index in [4.69, 9.17) is 5.73 Å². The molecule has 2 aromatic rings. The standard InChI is InChI=1S/C14H12F4N2/c1-8-11(15)3-2-4-12(8)20-13-6-5-9(19)7-10(13)14(16,17)18/h2-7,20H,19H2,1H3. The van der Waals surface area contributed by atoms with Crippen LogP contribution in [0.3, 0.4) is 0 Å². The van der Waals surface area contributed by atoms with Crippen LogP contribution in [-0.2, 0) is 6.18 Å². The van der Waals surface area contributed by atoms with Gasteiger partial charge in [0.25, 0.3) is 0 Å². The van der Waals surface area contributed by atoms with Crippen LogP contribution in [-0.4, -0.2) is 0 Å². The van der Waals surface area contributed by atoms with Crippen molar-refractivity contribution < 1.29 is 17.6 Å². The lowest BCUT2D eigenvalue weighted by molar-refractivity contribution is -0.136. The first kappa shape index (κ1) is 14.2. The molecular weight excluding hydrogens is 272 g/mol. The largest absolute Gasteiger partial charge is 0.418 e. The predicted octanol–water partition coefficient (Wildman–Crippen LogP) is 4.48. The van der Waals surface area contributed by atoms with E-state index in [0.29, 0.717) is 0 Å². The number of benzene rings is 2. The van der Waals surface area contributed by atoms with Gasteiger partial charge in [0.05, 0.1) is 11.3 Å². The molecule has 0 bridgehead atoms. The summed E-state index contributed by atoms with van der Waals surface area (Å²) < 4.78 is 52.2. The number of alkyl halides is 3. The van der Waals surface area contributed by atoms with Gasteiger partial charge in [-0.15, -0.1) is 0 Å². The Morgan fingerprint density at radius 2 is 1.75 bits per heavy atom. The van der Waals surface area contributed by atoms with Crippen molar-refractivity contribution in [2.45, 2.75) is 13.1 Å². The first-order valence-corrected chi connectivity index (χ1v) is 5.78. The summed E-state index contributed by atoms with van der Waals surface area (Å²) in [4.78, 5) is 0. The summed E-state index contributed by atoms with van der Waals surface area (Å²) in [7, 11) is 0. The third kappa shape index (κ3) is 2.84. The lowest BCUT2D eigenvalue weighted by Gasteiger charge is -2.16. The van der Waals surface area contributed by atoms with Crippen LogP contribution in [0.2, 0.25) is 0 Å². The van der Waals surface area contributed by atoms with Crippen LogP contribution in [0.4, 0.5) is 34.6 Å². The van der Waals surface area contributed by atoms with Gasteiger partial charge in [0.2, 0.25) is 0 Å². The van der Waals surface area contributed by atoms with E-state index >= 15 is 0 Å². The average Bonchev–Trinajstić information content (AvgIpc) is 2.36. The Morgan fingerprint density at radius 3 is 2.40 bits per heavy atom. The minimum atomic E-state index is -4.54. The fourth-order valence-electron chi connectivity index (χ4n) is 1.79. The van der Waals surface area contributed by atoms with Crippen molar-refractivity contribution in [1.82, 2.24) is 0 Å². The van der Waals surface area contributed by atoms with Gasteiger partial charge < -0.3 is 11.1 Å². The molecule has 0 radical (unpaired) electrons. The minimum Gasteiger partial charge on any atom is -0.399 e. The van der Waals surface area contributed by atoms with E-state index in [0.717, 1.165) is 6.07 Å². The molecule has 0 atom stereocenters. The summed E-state index contributed by atoms with van der Waals surface area (Å²) in [6.45, 7) is 1.49. The Bertz CT molecular complexity index is 636. The molecule has 0 aliphatic rings. The molecule has 2 rings (SSSR count). The summed E-state index contributed by atoms with van der Waals surface area (Å²) in [6.07, 6.45) is -4.54. The maximum atomic E-state index is 13.4. The zero-order valence-corrected chi connectivity index (χ0v) is 10.6. The molecule has 0 fully saturated rings. The second-order valence-electron chi connectivity index (χ2n) is 4.34. The molecule has 3 N–H and O–H groups in total. The molecule has 2 nitrogen and oxygen atoms in total. The smallest absolute Gasteiger partial charge is 0.399 e. The highest BCUT2D eigenvalue weighted by molar-refractivity contribution is 5.68. The molecule has 0 aromatic heterocycles. The molecule has 0 spiro atoms. The van der Waals surface area contributed by atoms with Crippen LogP contribution < -0.4 is 11.1 Å². The fourth-order valence-corrected chi connectivity index (χ4v) is 1.79. The molecular formula is C14H12F4N2. The van der Waals surface area contributed by atoms with Crippen molar-refractivity contribution >= 4 is 17.1 Å². The maximum absolute atomic E-state index is 13.4. The van der Waals surface area contributed by atoms with Gasteiger partial charge in [0, 0.05) is 16.9 Å². The fraction of sp³-hybridized carbons (Fsp3) is 0.143. The summed E-state index contributed by atoms with van der Waals surface area (Å²) in [5, 5.41) is 2.60. The normalized spacial score (nSPS) is 11.4.